The Morgan fingerprint density at radius 3 is 2.12 bits per heavy atom. The quantitative estimate of drug-likeness (QED) is 0.449. The molecular formula is C7H13Br. The van der Waals surface area contributed by atoms with Crippen LogP contribution in [0.3, 0.4) is 0 Å². The van der Waals surface area contributed by atoms with Crippen LogP contribution in [0.1, 0.15) is 20.8 Å². The monoisotopic (exact) mass is 176 g/mol. The van der Waals surface area contributed by atoms with Crippen molar-refractivity contribution in [2.75, 3.05) is 5.33 Å². The Morgan fingerprint density at radius 2 is 2.12 bits per heavy atom. The maximum atomic E-state index is 3.41. The average Bonchev–Trinajstić information content (AvgIpc) is 1.69. The lowest BCUT2D eigenvalue weighted by molar-refractivity contribution is 0.772. The van der Waals surface area contributed by atoms with Crippen LogP contribution in [-0.2, 0) is 0 Å². The summed E-state index contributed by atoms with van der Waals surface area (Å²) >= 11 is 3.41. The molecule has 0 unspecified atom stereocenters. The minimum absolute atomic E-state index is 0.694. The van der Waals surface area contributed by atoms with Gasteiger partial charge >= 0.3 is 0 Å². The molecule has 0 aliphatic carbocycles. The van der Waals surface area contributed by atoms with Crippen molar-refractivity contribution in [2.24, 2.45) is 5.92 Å². The van der Waals surface area contributed by atoms with Gasteiger partial charge in [0.1, 0.15) is 0 Å². The van der Waals surface area contributed by atoms with E-state index in [1.54, 1.807) is 0 Å². The molecule has 0 heterocycles. The first-order valence-electron chi connectivity index (χ1n) is 2.93. The molecule has 0 spiro atoms. The summed E-state index contributed by atoms with van der Waals surface area (Å²) < 4.78 is 0. The van der Waals surface area contributed by atoms with Crippen LogP contribution in [0.25, 0.3) is 0 Å². The summed E-state index contributed by atoms with van der Waals surface area (Å²) in [6.45, 7) is 6.49. The van der Waals surface area contributed by atoms with Crippen molar-refractivity contribution < 1.29 is 0 Å². The maximum Gasteiger partial charge on any atom is 0.0244 e. The molecule has 0 saturated carbocycles. The van der Waals surface area contributed by atoms with Crippen molar-refractivity contribution in [1.29, 1.82) is 0 Å². The molecule has 0 saturated heterocycles. The van der Waals surface area contributed by atoms with Gasteiger partial charge in [0.05, 0.1) is 0 Å². The van der Waals surface area contributed by atoms with Crippen LogP contribution in [0, 0.1) is 5.92 Å². The molecule has 8 heavy (non-hydrogen) atoms. The van der Waals surface area contributed by atoms with Crippen molar-refractivity contribution in [3.05, 3.63) is 11.6 Å². The smallest absolute Gasteiger partial charge is 0.0244 e. The van der Waals surface area contributed by atoms with Crippen LogP contribution in [-0.4, -0.2) is 5.33 Å². The summed E-state index contributed by atoms with van der Waals surface area (Å²) in [7, 11) is 0. The maximum absolute atomic E-state index is 3.41. The molecule has 0 N–H and O–H groups in total. The number of halogens is 1. The van der Waals surface area contributed by atoms with Crippen molar-refractivity contribution >= 4 is 15.9 Å². The second kappa shape index (κ2) is 4.13. The highest BCUT2D eigenvalue weighted by Crippen LogP contribution is 2.10. The van der Waals surface area contributed by atoms with Gasteiger partial charge in [-0.15, -0.1) is 0 Å². The predicted octanol–water partition coefficient (Wildman–Crippen LogP) is 2.98. The standard InChI is InChI=1S/C7H13Br/c1-4-7(5-8)6(2)3/h4,6H,5H2,1-3H3/b7-4+. The van der Waals surface area contributed by atoms with E-state index in [-0.39, 0.29) is 0 Å². The molecule has 0 amide bonds. The molecule has 0 aromatic heterocycles. The second-order valence-corrected chi connectivity index (χ2v) is 2.71. The fourth-order valence-electron chi connectivity index (χ4n) is 0.565. The summed E-state index contributed by atoms with van der Waals surface area (Å²) in [4.78, 5) is 0. The molecule has 0 aliphatic rings. The van der Waals surface area contributed by atoms with E-state index in [9.17, 15) is 0 Å². The fourth-order valence-corrected chi connectivity index (χ4v) is 1.54. The van der Waals surface area contributed by atoms with Gasteiger partial charge < -0.3 is 0 Å². The third kappa shape index (κ3) is 2.51. The van der Waals surface area contributed by atoms with E-state index in [0.29, 0.717) is 5.92 Å². The first-order chi connectivity index (χ1) is 3.72. The van der Waals surface area contributed by atoms with E-state index in [1.807, 2.05) is 0 Å². The Balaban J connectivity index is 3.72. The SMILES string of the molecule is C/C=C(\CBr)C(C)C. The van der Waals surface area contributed by atoms with E-state index < -0.39 is 0 Å². The van der Waals surface area contributed by atoms with Gasteiger partial charge in [-0.1, -0.05) is 41.4 Å². The molecule has 0 atom stereocenters. The fraction of sp³-hybridized carbons (Fsp3) is 0.714. The van der Waals surface area contributed by atoms with Crippen LogP contribution < -0.4 is 0 Å². The van der Waals surface area contributed by atoms with E-state index in [1.165, 1.54) is 5.57 Å². The summed E-state index contributed by atoms with van der Waals surface area (Å²) in [5.74, 6) is 0.694. The van der Waals surface area contributed by atoms with Gasteiger partial charge in [0.25, 0.3) is 0 Å². The molecule has 0 aliphatic heterocycles. The zero-order valence-electron chi connectivity index (χ0n) is 5.74. The van der Waals surface area contributed by atoms with Gasteiger partial charge in [-0.25, -0.2) is 0 Å². The molecule has 0 rings (SSSR count). The lowest BCUT2D eigenvalue weighted by Crippen LogP contribution is -1.93. The normalized spacial score (nSPS) is 12.9. The van der Waals surface area contributed by atoms with Gasteiger partial charge in [-0.3, -0.25) is 0 Å². The molecule has 0 radical (unpaired) electrons. The number of rotatable bonds is 2. The van der Waals surface area contributed by atoms with Crippen LogP contribution in [0.5, 0.6) is 0 Å². The van der Waals surface area contributed by atoms with E-state index >= 15 is 0 Å². The Morgan fingerprint density at radius 1 is 1.62 bits per heavy atom. The van der Waals surface area contributed by atoms with Crippen molar-refractivity contribution in [2.45, 2.75) is 20.8 Å². The van der Waals surface area contributed by atoms with Gasteiger partial charge in [-0.05, 0) is 12.8 Å². The molecule has 0 aromatic carbocycles. The van der Waals surface area contributed by atoms with Gasteiger partial charge in [0.2, 0.25) is 0 Å². The van der Waals surface area contributed by atoms with E-state index in [2.05, 4.69) is 42.8 Å². The molecule has 1 heteroatoms. The Hall–Kier alpha value is 0.220. The van der Waals surface area contributed by atoms with Crippen molar-refractivity contribution in [3.63, 3.8) is 0 Å². The zero-order valence-corrected chi connectivity index (χ0v) is 7.33. The summed E-state index contributed by atoms with van der Waals surface area (Å²) in [6.07, 6.45) is 2.17. The van der Waals surface area contributed by atoms with Gasteiger partial charge in [-0.2, -0.15) is 0 Å². The van der Waals surface area contributed by atoms with Crippen LogP contribution in [0.2, 0.25) is 0 Å². The molecule has 0 nitrogen and oxygen atoms in total. The largest absolute Gasteiger partial charge is 0.0880 e. The van der Waals surface area contributed by atoms with Crippen LogP contribution in [0.15, 0.2) is 11.6 Å². The van der Waals surface area contributed by atoms with Crippen molar-refractivity contribution in [1.82, 2.24) is 0 Å². The Bertz CT molecular complexity index is 82.4. The van der Waals surface area contributed by atoms with Gasteiger partial charge in [0, 0.05) is 5.33 Å². The molecule has 0 bridgehead atoms. The number of hydrogen-bond donors (Lipinski definition) is 0. The molecular weight excluding hydrogens is 164 g/mol. The zero-order chi connectivity index (χ0) is 6.57. The second-order valence-electron chi connectivity index (χ2n) is 2.15. The third-order valence-electron chi connectivity index (χ3n) is 1.27. The molecule has 0 aromatic rings. The minimum atomic E-state index is 0.694. The highest BCUT2D eigenvalue weighted by molar-refractivity contribution is 9.09. The Kier molecular flexibility index (Phi) is 4.25. The number of hydrogen-bond acceptors (Lipinski definition) is 0. The topological polar surface area (TPSA) is 0 Å². The Labute approximate surface area is 60.1 Å². The van der Waals surface area contributed by atoms with Gasteiger partial charge in [0.15, 0.2) is 0 Å². The molecule has 48 valence electrons. The summed E-state index contributed by atoms with van der Waals surface area (Å²) in [5.41, 5.74) is 1.48. The first kappa shape index (κ1) is 8.22. The average molecular weight is 177 g/mol. The number of alkyl halides is 1. The highest BCUT2D eigenvalue weighted by atomic mass is 79.9. The third-order valence-corrected chi connectivity index (χ3v) is 1.91. The number of allylic oxidation sites excluding steroid dienone is 2. The first-order valence-corrected chi connectivity index (χ1v) is 4.05. The van der Waals surface area contributed by atoms with Crippen LogP contribution in [0.4, 0.5) is 0 Å². The van der Waals surface area contributed by atoms with E-state index in [0.717, 1.165) is 5.33 Å². The summed E-state index contributed by atoms with van der Waals surface area (Å²) in [5, 5.41) is 1.02. The highest BCUT2D eigenvalue weighted by Gasteiger charge is 1.96. The summed E-state index contributed by atoms with van der Waals surface area (Å²) in [6, 6.07) is 0. The predicted molar refractivity (Wildman–Crippen MR) is 42.4 cm³/mol. The van der Waals surface area contributed by atoms with Crippen LogP contribution >= 0.6 is 15.9 Å². The van der Waals surface area contributed by atoms with E-state index in [4.69, 9.17) is 0 Å². The lowest BCUT2D eigenvalue weighted by atomic mass is 10.1. The lowest BCUT2D eigenvalue weighted by Gasteiger charge is -2.04. The van der Waals surface area contributed by atoms with Crippen molar-refractivity contribution in [3.8, 4) is 0 Å². The minimum Gasteiger partial charge on any atom is -0.0880 e. The molecule has 0 fully saturated rings.